The number of alkyl halides is 3. The van der Waals surface area contributed by atoms with E-state index in [4.69, 9.17) is 10.00 Å². The number of nitrogens with zero attached hydrogens (tertiary/aromatic N) is 3. The van der Waals surface area contributed by atoms with Crippen LogP contribution in [0.2, 0.25) is 0 Å². The van der Waals surface area contributed by atoms with Gasteiger partial charge < -0.3 is 10.1 Å². The summed E-state index contributed by atoms with van der Waals surface area (Å²) in [5.41, 5.74) is -1.43. The lowest BCUT2D eigenvalue weighted by atomic mass is 9.93. The number of ether oxygens (including phenoxy) is 1. The van der Waals surface area contributed by atoms with Crippen LogP contribution in [0.25, 0.3) is 0 Å². The van der Waals surface area contributed by atoms with Gasteiger partial charge >= 0.3 is 6.18 Å². The molecule has 0 unspecified atom stereocenters. The molecule has 6 nitrogen and oxygen atoms in total. The van der Waals surface area contributed by atoms with Gasteiger partial charge in [0.2, 0.25) is 5.01 Å². The van der Waals surface area contributed by atoms with Gasteiger partial charge in [-0.2, -0.15) is 18.4 Å². The highest BCUT2D eigenvalue weighted by Crippen LogP contribution is 2.35. The van der Waals surface area contributed by atoms with Crippen LogP contribution >= 0.6 is 11.3 Å². The Morgan fingerprint density at radius 3 is 2.57 bits per heavy atom. The SMILES string of the molecule is Cc1nnc(C(=O)NC2CCC(Oc3ccc(C#N)c(C(F)(F)F)c3)CC2)s1. The maximum absolute atomic E-state index is 13.1. The lowest BCUT2D eigenvalue weighted by Gasteiger charge is -2.29. The normalized spacial score (nSPS) is 19.7. The van der Waals surface area contributed by atoms with Crippen LogP contribution in [0.3, 0.4) is 0 Å². The maximum atomic E-state index is 13.1. The van der Waals surface area contributed by atoms with Crippen LogP contribution in [0, 0.1) is 18.3 Å². The van der Waals surface area contributed by atoms with Gasteiger partial charge in [0.05, 0.1) is 23.3 Å². The third kappa shape index (κ3) is 4.78. The van der Waals surface area contributed by atoms with Gasteiger partial charge in [0, 0.05) is 6.04 Å². The van der Waals surface area contributed by atoms with Crippen LogP contribution in [0.1, 0.15) is 51.6 Å². The Bertz CT molecular complexity index is 899. The van der Waals surface area contributed by atoms with E-state index in [1.54, 1.807) is 13.0 Å². The van der Waals surface area contributed by atoms with E-state index in [0.717, 1.165) is 12.1 Å². The summed E-state index contributed by atoms with van der Waals surface area (Å²) in [5, 5.41) is 20.4. The fourth-order valence-electron chi connectivity index (χ4n) is 3.08. The molecule has 28 heavy (non-hydrogen) atoms. The van der Waals surface area contributed by atoms with E-state index in [-0.39, 0.29) is 23.8 Å². The third-order valence-electron chi connectivity index (χ3n) is 4.45. The molecule has 0 atom stereocenters. The van der Waals surface area contributed by atoms with Crippen molar-refractivity contribution in [3.63, 3.8) is 0 Å². The highest BCUT2D eigenvalue weighted by Gasteiger charge is 2.34. The standard InChI is InChI=1S/C18H17F3N4O2S/c1-10-24-25-17(28-10)16(26)23-12-3-6-13(7-4-12)27-14-5-2-11(9-22)15(8-14)18(19,20)21/h2,5,8,12-13H,3-4,6-7H2,1H3,(H,23,26). The predicted octanol–water partition coefficient (Wildman–Crippen LogP) is 3.86. The third-order valence-corrected chi connectivity index (χ3v) is 5.29. The molecule has 0 saturated heterocycles. The van der Waals surface area contributed by atoms with Crippen molar-refractivity contribution >= 4 is 17.2 Å². The van der Waals surface area contributed by atoms with Gasteiger partial charge in [-0.1, -0.05) is 11.3 Å². The van der Waals surface area contributed by atoms with Crippen molar-refractivity contribution in [2.75, 3.05) is 0 Å². The van der Waals surface area contributed by atoms with Crippen molar-refractivity contribution in [3.8, 4) is 11.8 Å². The molecule has 0 spiro atoms. The molecule has 1 aromatic carbocycles. The van der Waals surface area contributed by atoms with Crippen LogP contribution in [-0.4, -0.2) is 28.3 Å². The van der Waals surface area contributed by atoms with Gasteiger partial charge in [0.1, 0.15) is 10.8 Å². The minimum atomic E-state index is -4.62. The molecule has 3 rings (SSSR count). The van der Waals surface area contributed by atoms with Gasteiger partial charge in [-0.3, -0.25) is 4.79 Å². The molecule has 1 aliphatic carbocycles. The highest BCUT2D eigenvalue weighted by molar-refractivity contribution is 7.13. The molecule has 1 aromatic heterocycles. The van der Waals surface area contributed by atoms with Gasteiger partial charge in [-0.15, -0.1) is 10.2 Å². The molecule has 2 aromatic rings. The summed E-state index contributed by atoms with van der Waals surface area (Å²) >= 11 is 1.22. The minimum absolute atomic E-state index is 0.0387. The van der Waals surface area contributed by atoms with E-state index in [9.17, 15) is 18.0 Å². The lowest BCUT2D eigenvalue weighted by Crippen LogP contribution is -2.39. The molecule has 1 N–H and O–H groups in total. The molecule has 10 heteroatoms. The Hall–Kier alpha value is -2.67. The number of amides is 1. The average molecular weight is 410 g/mol. The summed E-state index contributed by atoms with van der Waals surface area (Å²) in [6.45, 7) is 1.77. The summed E-state index contributed by atoms with van der Waals surface area (Å²) in [6.07, 6.45) is -2.36. The molecule has 148 valence electrons. The fourth-order valence-corrected chi connectivity index (χ4v) is 3.68. The molecule has 1 heterocycles. The van der Waals surface area contributed by atoms with E-state index in [1.165, 1.54) is 17.4 Å². The smallest absolute Gasteiger partial charge is 0.417 e. The van der Waals surface area contributed by atoms with Gasteiger partial charge in [0.15, 0.2) is 0 Å². The van der Waals surface area contributed by atoms with Gasteiger partial charge in [0.25, 0.3) is 5.91 Å². The first-order valence-corrected chi connectivity index (χ1v) is 9.47. The summed E-state index contributed by atoms with van der Waals surface area (Å²) < 4.78 is 44.8. The second-order valence-corrected chi connectivity index (χ2v) is 7.69. The minimum Gasteiger partial charge on any atom is -0.490 e. The molecule has 1 fully saturated rings. The van der Waals surface area contributed by atoms with Crippen molar-refractivity contribution < 1.29 is 22.7 Å². The first-order chi connectivity index (χ1) is 13.3. The summed E-state index contributed by atoms with van der Waals surface area (Å²) in [6, 6.07) is 4.87. The largest absolute Gasteiger partial charge is 0.490 e. The molecule has 1 saturated carbocycles. The average Bonchev–Trinajstić information content (AvgIpc) is 3.09. The Morgan fingerprint density at radius 1 is 1.29 bits per heavy atom. The topological polar surface area (TPSA) is 87.9 Å². The number of halogens is 3. The summed E-state index contributed by atoms with van der Waals surface area (Å²) in [5.74, 6) is -0.181. The number of hydrogen-bond acceptors (Lipinski definition) is 6. The van der Waals surface area contributed by atoms with Crippen molar-refractivity contribution in [2.24, 2.45) is 0 Å². The van der Waals surface area contributed by atoms with Gasteiger partial charge in [-0.25, -0.2) is 0 Å². The van der Waals surface area contributed by atoms with Crippen molar-refractivity contribution in [1.82, 2.24) is 15.5 Å². The monoisotopic (exact) mass is 410 g/mol. The molecule has 0 aliphatic heterocycles. The Balaban J connectivity index is 1.56. The number of nitriles is 1. The zero-order chi connectivity index (χ0) is 20.3. The number of aryl methyl sites for hydroxylation is 1. The number of rotatable bonds is 4. The molecule has 0 radical (unpaired) electrons. The van der Waals surface area contributed by atoms with E-state index >= 15 is 0 Å². The van der Waals surface area contributed by atoms with E-state index < -0.39 is 17.3 Å². The molecule has 1 amide bonds. The number of hydrogen-bond donors (Lipinski definition) is 1. The van der Waals surface area contributed by atoms with Crippen molar-refractivity contribution in [1.29, 1.82) is 5.26 Å². The predicted molar refractivity (Wildman–Crippen MR) is 94.9 cm³/mol. The van der Waals surface area contributed by atoms with E-state index in [2.05, 4.69) is 15.5 Å². The molecule has 1 aliphatic rings. The van der Waals surface area contributed by atoms with Crippen LogP contribution in [0.15, 0.2) is 18.2 Å². The second-order valence-electron chi connectivity index (χ2n) is 6.51. The number of benzene rings is 1. The second kappa shape index (κ2) is 8.14. The summed E-state index contributed by atoms with van der Waals surface area (Å²) in [4.78, 5) is 12.1. The quantitative estimate of drug-likeness (QED) is 0.827. The van der Waals surface area contributed by atoms with E-state index in [0.29, 0.717) is 35.7 Å². The van der Waals surface area contributed by atoms with Crippen LogP contribution in [0.4, 0.5) is 13.2 Å². The summed E-state index contributed by atoms with van der Waals surface area (Å²) in [7, 11) is 0. The van der Waals surface area contributed by atoms with Crippen molar-refractivity contribution in [3.05, 3.63) is 39.3 Å². The first kappa shape index (κ1) is 20.1. The van der Waals surface area contributed by atoms with Crippen molar-refractivity contribution in [2.45, 2.75) is 50.9 Å². The number of nitrogens with one attached hydrogen (secondary N) is 1. The van der Waals surface area contributed by atoms with Gasteiger partial charge in [-0.05, 0) is 50.8 Å². The van der Waals surface area contributed by atoms with Crippen LogP contribution in [-0.2, 0) is 6.18 Å². The van der Waals surface area contributed by atoms with Crippen LogP contribution in [0.5, 0.6) is 5.75 Å². The number of carbonyl (C=O) groups is 1. The maximum Gasteiger partial charge on any atom is 0.417 e. The number of aromatic nitrogens is 2. The zero-order valence-corrected chi connectivity index (χ0v) is 15.7. The molecular formula is C18H17F3N4O2S. The first-order valence-electron chi connectivity index (χ1n) is 8.65. The Morgan fingerprint density at radius 2 is 2.00 bits per heavy atom. The Kier molecular flexibility index (Phi) is 5.84. The number of carbonyl (C=O) groups excluding carboxylic acids is 1. The fraction of sp³-hybridized carbons (Fsp3) is 0.444. The highest BCUT2D eigenvalue weighted by atomic mass is 32.1. The van der Waals surface area contributed by atoms with Crippen LogP contribution < -0.4 is 10.1 Å². The van der Waals surface area contributed by atoms with E-state index in [1.807, 2.05) is 0 Å². The Labute approximate surface area is 163 Å². The lowest BCUT2D eigenvalue weighted by molar-refractivity contribution is -0.137. The zero-order valence-electron chi connectivity index (χ0n) is 14.9. The molecular weight excluding hydrogens is 393 g/mol. The molecule has 0 bridgehead atoms.